The molecule has 196 valence electrons. The van der Waals surface area contributed by atoms with Crippen molar-refractivity contribution in [3.05, 3.63) is 64.7 Å². The first-order valence-electron chi connectivity index (χ1n) is 11.7. The SMILES string of the molecule is CNC(=O)ON1CCc2cccc(NCC(=O)N(CCN(C)C)Cc3ccccc3C(F)(F)F)c2C1. The van der Waals surface area contributed by atoms with E-state index in [9.17, 15) is 22.8 Å². The fourth-order valence-corrected chi connectivity index (χ4v) is 4.00. The van der Waals surface area contributed by atoms with Crippen LogP contribution in [-0.2, 0) is 35.3 Å². The van der Waals surface area contributed by atoms with Crippen molar-refractivity contribution in [3.8, 4) is 0 Å². The van der Waals surface area contributed by atoms with Crippen LogP contribution in [0.4, 0.5) is 23.7 Å². The lowest BCUT2D eigenvalue weighted by atomic mass is 9.99. The Bertz CT molecular complexity index is 1060. The predicted molar refractivity (Wildman–Crippen MR) is 130 cm³/mol. The molecule has 0 aromatic heterocycles. The number of nitrogens with zero attached hydrogens (tertiary/aromatic N) is 3. The van der Waals surface area contributed by atoms with Crippen molar-refractivity contribution < 1.29 is 27.6 Å². The summed E-state index contributed by atoms with van der Waals surface area (Å²) in [6.45, 7) is 1.44. The Morgan fingerprint density at radius 1 is 1.08 bits per heavy atom. The van der Waals surface area contributed by atoms with E-state index >= 15 is 0 Å². The standard InChI is InChI=1S/C25H32F3N5O3/c1-29-24(35)36-33-12-11-18-8-6-10-22(20(18)17-33)30-15-23(34)32(14-13-31(2)3)16-19-7-4-5-9-21(19)25(26,27)28/h4-10,30H,11-17H2,1-3H3,(H,29,35). The first-order chi connectivity index (χ1) is 17.1. The van der Waals surface area contributed by atoms with Gasteiger partial charge in [-0.25, -0.2) is 4.79 Å². The number of anilines is 1. The molecule has 0 saturated heterocycles. The van der Waals surface area contributed by atoms with Gasteiger partial charge < -0.3 is 25.3 Å². The van der Waals surface area contributed by atoms with Gasteiger partial charge >= 0.3 is 12.3 Å². The Hall–Kier alpha value is -3.31. The molecule has 11 heteroatoms. The summed E-state index contributed by atoms with van der Waals surface area (Å²) in [5.74, 6) is -0.319. The van der Waals surface area contributed by atoms with Crippen molar-refractivity contribution in [2.75, 3.05) is 52.6 Å². The molecule has 0 unspecified atom stereocenters. The number of carbonyl (C=O) groups excluding carboxylic acids is 2. The number of halogens is 3. The molecule has 2 aromatic rings. The number of amides is 2. The minimum absolute atomic E-state index is 0.0520. The van der Waals surface area contributed by atoms with Gasteiger partial charge in [0.1, 0.15) is 0 Å². The summed E-state index contributed by atoms with van der Waals surface area (Å²) in [7, 11) is 5.16. The normalized spacial score (nSPS) is 13.8. The third-order valence-electron chi connectivity index (χ3n) is 5.94. The number of alkyl halides is 3. The molecule has 0 aliphatic carbocycles. The molecule has 3 rings (SSSR count). The van der Waals surface area contributed by atoms with Crippen LogP contribution < -0.4 is 10.6 Å². The molecule has 2 aromatic carbocycles. The molecule has 1 aliphatic heterocycles. The molecule has 0 spiro atoms. The van der Waals surface area contributed by atoms with Crippen LogP contribution in [0, 0.1) is 0 Å². The molecule has 0 radical (unpaired) electrons. The van der Waals surface area contributed by atoms with Crippen LogP contribution >= 0.6 is 0 Å². The van der Waals surface area contributed by atoms with E-state index in [4.69, 9.17) is 4.84 Å². The van der Waals surface area contributed by atoms with Gasteiger partial charge in [-0.2, -0.15) is 13.2 Å². The molecule has 0 fully saturated rings. The van der Waals surface area contributed by atoms with Gasteiger partial charge in [0.2, 0.25) is 5.91 Å². The Morgan fingerprint density at radius 3 is 2.53 bits per heavy atom. The Labute approximate surface area is 208 Å². The number of fused-ring (bicyclic) bond motifs is 1. The summed E-state index contributed by atoms with van der Waals surface area (Å²) >= 11 is 0. The van der Waals surface area contributed by atoms with Crippen molar-refractivity contribution in [1.82, 2.24) is 20.2 Å². The second-order valence-corrected chi connectivity index (χ2v) is 8.81. The van der Waals surface area contributed by atoms with Gasteiger partial charge in [-0.15, -0.1) is 5.06 Å². The molecule has 36 heavy (non-hydrogen) atoms. The van der Waals surface area contributed by atoms with Crippen LogP contribution in [0.25, 0.3) is 0 Å². The zero-order valence-corrected chi connectivity index (χ0v) is 20.7. The third kappa shape index (κ3) is 7.34. The number of hydrogen-bond donors (Lipinski definition) is 2. The van der Waals surface area contributed by atoms with Crippen molar-refractivity contribution in [3.63, 3.8) is 0 Å². The van der Waals surface area contributed by atoms with Gasteiger partial charge in [-0.3, -0.25) is 4.79 Å². The summed E-state index contributed by atoms with van der Waals surface area (Å²) in [4.78, 5) is 33.4. The van der Waals surface area contributed by atoms with Gasteiger partial charge in [0, 0.05) is 38.9 Å². The average molecular weight is 508 g/mol. The first kappa shape index (κ1) is 27.3. The van der Waals surface area contributed by atoms with E-state index in [2.05, 4.69) is 10.6 Å². The number of nitrogens with one attached hydrogen (secondary N) is 2. The number of likely N-dealkylation sites (N-methyl/N-ethyl adjacent to an activating group) is 1. The summed E-state index contributed by atoms with van der Waals surface area (Å²) < 4.78 is 40.5. The molecule has 0 saturated carbocycles. The molecular formula is C25H32F3N5O3. The third-order valence-corrected chi connectivity index (χ3v) is 5.94. The Morgan fingerprint density at radius 2 is 1.83 bits per heavy atom. The minimum Gasteiger partial charge on any atom is -0.376 e. The second-order valence-electron chi connectivity index (χ2n) is 8.81. The maximum atomic E-state index is 13.5. The lowest BCUT2D eigenvalue weighted by molar-refractivity contribution is -0.139. The highest BCUT2D eigenvalue weighted by atomic mass is 19.4. The van der Waals surface area contributed by atoms with E-state index in [0.29, 0.717) is 31.7 Å². The predicted octanol–water partition coefficient (Wildman–Crippen LogP) is 3.34. The quantitative estimate of drug-likeness (QED) is 0.542. The van der Waals surface area contributed by atoms with E-state index in [1.807, 2.05) is 37.2 Å². The molecule has 2 amide bonds. The minimum atomic E-state index is -4.50. The van der Waals surface area contributed by atoms with Crippen molar-refractivity contribution >= 4 is 17.7 Å². The monoisotopic (exact) mass is 507 g/mol. The number of benzene rings is 2. The average Bonchev–Trinajstić information content (AvgIpc) is 2.84. The van der Waals surface area contributed by atoms with Crippen LogP contribution in [-0.4, -0.2) is 74.2 Å². The highest BCUT2D eigenvalue weighted by Crippen LogP contribution is 2.32. The fraction of sp³-hybridized carbons (Fsp3) is 0.440. The van der Waals surface area contributed by atoms with E-state index < -0.39 is 17.8 Å². The van der Waals surface area contributed by atoms with Crippen molar-refractivity contribution in [2.24, 2.45) is 0 Å². The topological polar surface area (TPSA) is 77.1 Å². The molecule has 1 aliphatic rings. The van der Waals surface area contributed by atoms with Crippen LogP contribution in [0.3, 0.4) is 0 Å². The summed E-state index contributed by atoms with van der Waals surface area (Å²) in [6.07, 6.45) is -4.40. The van der Waals surface area contributed by atoms with E-state index in [0.717, 1.165) is 17.2 Å². The van der Waals surface area contributed by atoms with Crippen LogP contribution in [0.2, 0.25) is 0 Å². The summed E-state index contributed by atoms with van der Waals surface area (Å²) in [5, 5.41) is 7.11. The molecule has 8 nitrogen and oxygen atoms in total. The molecule has 2 N–H and O–H groups in total. The summed E-state index contributed by atoms with van der Waals surface area (Å²) in [6, 6.07) is 11.0. The van der Waals surface area contributed by atoms with Crippen molar-refractivity contribution in [1.29, 1.82) is 0 Å². The lowest BCUT2D eigenvalue weighted by Gasteiger charge is -2.29. The Kier molecular flexibility index (Phi) is 9.16. The second kappa shape index (κ2) is 12.1. The largest absolute Gasteiger partial charge is 0.426 e. The van der Waals surface area contributed by atoms with Gasteiger partial charge in [-0.1, -0.05) is 30.3 Å². The first-order valence-corrected chi connectivity index (χ1v) is 11.7. The number of hydrogen-bond acceptors (Lipinski definition) is 6. The maximum Gasteiger partial charge on any atom is 0.426 e. The Balaban J connectivity index is 1.74. The molecular weight excluding hydrogens is 475 g/mol. The van der Waals surface area contributed by atoms with Crippen LogP contribution in [0.15, 0.2) is 42.5 Å². The van der Waals surface area contributed by atoms with Crippen LogP contribution in [0.5, 0.6) is 0 Å². The van der Waals surface area contributed by atoms with E-state index in [-0.39, 0.29) is 31.1 Å². The van der Waals surface area contributed by atoms with Gasteiger partial charge in [0.25, 0.3) is 0 Å². The highest BCUT2D eigenvalue weighted by molar-refractivity contribution is 5.81. The number of carbonyl (C=O) groups is 2. The molecule has 0 atom stereocenters. The van der Waals surface area contributed by atoms with E-state index in [1.165, 1.54) is 24.1 Å². The van der Waals surface area contributed by atoms with Gasteiger partial charge in [0.05, 0.1) is 18.7 Å². The molecule has 1 heterocycles. The highest BCUT2D eigenvalue weighted by Gasteiger charge is 2.33. The fourth-order valence-electron chi connectivity index (χ4n) is 4.00. The van der Waals surface area contributed by atoms with Crippen LogP contribution in [0.1, 0.15) is 22.3 Å². The van der Waals surface area contributed by atoms with Crippen molar-refractivity contribution in [2.45, 2.75) is 25.7 Å². The van der Waals surface area contributed by atoms with Gasteiger partial charge in [0.15, 0.2) is 0 Å². The smallest absolute Gasteiger partial charge is 0.376 e. The summed E-state index contributed by atoms with van der Waals surface area (Å²) in [5.41, 5.74) is 2.01. The van der Waals surface area contributed by atoms with Gasteiger partial charge in [-0.05, 0) is 49.3 Å². The van der Waals surface area contributed by atoms with E-state index in [1.54, 1.807) is 11.1 Å². The number of rotatable bonds is 9. The lowest BCUT2D eigenvalue weighted by Crippen LogP contribution is -2.40. The zero-order valence-electron chi connectivity index (χ0n) is 20.7. The number of hydroxylamine groups is 2. The molecule has 0 bridgehead atoms. The maximum absolute atomic E-state index is 13.5. The zero-order chi connectivity index (χ0) is 26.3.